The van der Waals surface area contributed by atoms with Gasteiger partial charge in [-0.2, -0.15) is 23.4 Å². The van der Waals surface area contributed by atoms with E-state index in [-0.39, 0.29) is 28.6 Å². The van der Waals surface area contributed by atoms with E-state index in [1.54, 1.807) is 34.6 Å². The smallest absolute Gasteiger partial charge is 0.349 e. The molecule has 7 nitrogen and oxygen atoms in total. The number of fused-ring (bicyclic) bond motifs is 1. The first-order chi connectivity index (χ1) is 14.2. The fourth-order valence-electron chi connectivity index (χ4n) is 2.72. The summed E-state index contributed by atoms with van der Waals surface area (Å²) in [5.41, 5.74) is -1.54. The van der Waals surface area contributed by atoms with E-state index < -0.39 is 17.8 Å². The molecule has 0 atom stereocenters. The van der Waals surface area contributed by atoms with Gasteiger partial charge in [-0.05, 0) is 33.4 Å². The minimum absolute atomic E-state index is 0.0999. The van der Waals surface area contributed by atoms with Crippen molar-refractivity contribution in [1.29, 1.82) is 0 Å². The first-order valence-corrected chi connectivity index (χ1v) is 10.5. The largest absolute Gasteiger partial charge is 0.433 e. The third-order valence-corrected chi connectivity index (χ3v) is 5.69. The average Bonchev–Trinajstić information content (AvgIpc) is 3.41. The minimum Gasteiger partial charge on any atom is -0.349 e. The van der Waals surface area contributed by atoms with E-state index in [9.17, 15) is 18.0 Å². The lowest BCUT2D eigenvalue weighted by atomic mass is 10.2. The van der Waals surface area contributed by atoms with Gasteiger partial charge in [0.2, 0.25) is 0 Å². The molecule has 0 unspecified atom stereocenters. The zero-order chi connectivity index (χ0) is 21.5. The van der Waals surface area contributed by atoms with Gasteiger partial charge in [-0.25, -0.2) is 9.50 Å². The van der Waals surface area contributed by atoms with Crippen molar-refractivity contribution >= 4 is 50.4 Å². The lowest BCUT2D eigenvalue weighted by molar-refractivity contribution is -0.142. The Balaban J connectivity index is 1.67. The number of amides is 1. The summed E-state index contributed by atoms with van der Waals surface area (Å²) in [6.07, 6.45) is -1.41. The van der Waals surface area contributed by atoms with Crippen LogP contribution in [0, 0.1) is 0 Å². The Kier molecular flexibility index (Phi) is 5.55. The molecule has 4 aromatic rings. The number of thiophene rings is 1. The molecule has 0 aromatic carbocycles. The Labute approximate surface area is 184 Å². The van der Waals surface area contributed by atoms with Crippen molar-refractivity contribution in [2.75, 3.05) is 6.54 Å². The van der Waals surface area contributed by atoms with Crippen LogP contribution in [0.5, 0.6) is 0 Å². The molecule has 0 bridgehead atoms. The van der Waals surface area contributed by atoms with Crippen LogP contribution in [0.2, 0.25) is 5.02 Å². The number of carbonyl (C=O) groups excluding carboxylic acids is 1. The molecule has 4 aromatic heterocycles. The first-order valence-electron chi connectivity index (χ1n) is 8.40. The van der Waals surface area contributed by atoms with Crippen LogP contribution < -0.4 is 5.32 Å². The van der Waals surface area contributed by atoms with Crippen molar-refractivity contribution in [3.63, 3.8) is 0 Å². The molecule has 1 amide bonds. The van der Waals surface area contributed by atoms with Gasteiger partial charge in [0.25, 0.3) is 5.91 Å². The second-order valence-electron chi connectivity index (χ2n) is 6.08. The normalized spacial score (nSPS) is 11.9. The van der Waals surface area contributed by atoms with Crippen molar-refractivity contribution in [2.45, 2.75) is 12.7 Å². The van der Waals surface area contributed by atoms with Gasteiger partial charge in [-0.3, -0.25) is 9.48 Å². The van der Waals surface area contributed by atoms with Gasteiger partial charge in [0.05, 0.1) is 27.8 Å². The number of rotatable bonds is 5. The number of aromatic nitrogens is 5. The number of alkyl halides is 3. The summed E-state index contributed by atoms with van der Waals surface area (Å²) in [5, 5.41) is 11.9. The topological polar surface area (TPSA) is 77.1 Å². The van der Waals surface area contributed by atoms with E-state index in [0.717, 1.165) is 10.5 Å². The molecule has 4 heterocycles. The predicted molar refractivity (Wildman–Crippen MR) is 109 cm³/mol. The van der Waals surface area contributed by atoms with Gasteiger partial charge in [0.15, 0.2) is 17.0 Å². The van der Waals surface area contributed by atoms with Crippen LogP contribution in [0.4, 0.5) is 13.2 Å². The van der Waals surface area contributed by atoms with Crippen LogP contribution in [-0.4, -0.2) is 36.8 Å². The van der Waals surface area contributed by atoms with E-state index in [2.05, 4.69) is 36.4 Å². The highest BCUT2D eigenvalue weighted by atomic mass is 79.9. The molecule has 0 aliphatic heterocycles. The maximum absolute atomic E-state index is 13.6. The van der Waals surface area contributed by atoms with Crippen LogP contribution in [0.15, 0.2) is 40.4 Å². The molecule has 13 heteroatoms. The lowest BCUT2D eigenvalue weighted by Crippen LogP contribution is -2.28. The maximum Gasteiger partial charge on any atom is 0.433 e. The second-order valence-corrected chi connectivity index (χ2v) is 8.32. The van der Waals surface area contributed by atoms with Crippen molar-refractivity contribution < 1.29 is 18.0 Å². The number of hydrogen-bond acceptors (Lipinski definition) is 5. The zero-order valence-corrected chi connectivity index (χ0v) is 18.0. The van der Waals surface area contributed by atoms with Crippen molar-refractivity contribution in [3.8, 4) is 10.6 Å². The van der Waals surface area contributed by atoms with Crippen LogP contribution >= 0.6 is 38.9 Å². The highest BCUT2D eigenvalue weighted by molar-refractivity contribution is 9.10. The summed E-state index contributed by atoms with van der Waals surface area (Å²) in [5.74, 6) is -0.706. The second kappa shape index (κ2) is 8.00. The van der Waals surface area contributed by atoms with Gasteiger partial charge in [0, 0.05) is 12.7 Å². The molecular weight excluding hydrogens is 509 g/mol. The minimum atomic E-state index is -4.72. The van der Waals surface area contributed by atoms with Crippen LogP contribution in [0.1, 0.15) is 16.2 Å². The molecule has 0 saturated carbocycles. The Morgan fingerprint density at radius 3 is 2.80 bits per heavy atom. The summed E-state index contributed by atoms with van der Waals surface area (Å²) >= 11 is 10.7. The molecule has 1 N–H and O–H groups in total. The molecule has 0 fully saturated rings. The SMILES string of the molecule is O=C(NCCn1cc(Br)cn1)c1nn2c(C(F)(F)F)cc(-c3cccs3)nc2c1Cl. The Morgan fingerprint density at radius 2 is 2.17 bits per heavy atom. The summed E-state index contributed by atoms with van der Waals surface area (Å²) in [7, 11) is 0. The molecule has 156 valence electrons. The quantitative estimate of drug-likeness (QED) is 0.421. The molecule has 0 saturated heterocycles. The number of hydrogen-bond donors (Lipinski definition) is 1. The lowest BCUT2D eigenvalue weighted by Gasteiger charge is -2.10. The van der Waals surface area contributed by atoms with Crippen LogP contribution in [-0.2, 0) is 12.7 Å². The van der Waals surface area contributed by atoms with Crippen molar-refractivity contribution in [2.24, 2.45) is 0 Å². The number of nitrogens with one attached hydrogen (secondary N) is 1. The highest BCUT2D eigenvalue weighted by Crippen LogP contribution is 2.35. The number of nitrogens with zero attached hydrogens (tertiary/aromatic N) is 5. The van der Waals surface area contributed by atoms with Gasteiger partial charge >= 0.3 is 6.18 Å². The summed E-state index contributed by atoms with van der Waals surface area (Å²) in [6, 6.07) is 4.24. The van der Waals surface area contributed by atoms with Crippen molar-refractivity contribution in [3.05, 3.63) is 56.9 Å². The zero-order valence-electron chi connectivity index (χ0n) is 14.8. The Morgan fingerprint density at radius 1 is 1.37 bits per heavy atom. The van der Waals surface area contributed by atoms with Crippen LogP contribution in [0.3, 0.4) is 0 Å². The third-order valence-electron chi connectivity index (χ3n) is 4.04. The predicted octanol–water partition coefficient (Wildman–Crippen LogP) is 4.52. The highest BCUT2D eigenvalue weighted by Gasteiger charge is 2.36. The van der Waals surface area contributed by atoms with E-state index in [1.165, 1.54) is 11.3 Å². The fourth-order valence-corrected chi connectivity index (χ4v) is 3.98. The molecular formula is C17H11BrClF3N6OS. The summed E-state index contributed by atoms with van der Waals surface area (Å²) in [6.45, 7) is 0.536. The van der Waals surface area contributed by atoms with Gasteiger partial charge in [-0.15, -0.1) is 11.3 Å². The van der Waals surface area contributed by atoms with E-state index >= 15 is 0 Å². The monoisotopic (exact) mass is 518 g/mol. The van der Waals surface area contributed by atoms with Gasteiger partial charge < -0.3 is 5.32 Å². The molecule has 4 rings (SSSR count). The Hall–Kier alpha value is -2.44. The van der Waals surface area contributed by atoms with Crippen molar-refractivity contribution in [1.82, 2.24) is 29.7 Å². The average molecular weight is 520 g/mol. The van der Waals surface area contributed by atoms with Crippen LogP contribution in [0.25, 0.3) is 16.2 Å². The van der Waals surface area contributed by atoms with E-state index in [1.807, 2.05) is 0 Å². The molecule has 0 aliphatic carbocycles. The standard InChI is InChI=1S/C17H11BrClF3N6OS/c18-9-7-24-27(8-9)4-3-23-16(29)14-13(19)15-25-10(11-2-1-5-30-11)6-12(17(20,21)22)28(15)26-14/h1-2,5-8H,3-4H2,(H,23,29). The number of halogens is 5. The molecule has 0 radical (unpaired) electrons. The summed E-state index contributed by atoms with van der Waals surface area (Å²) < 4.78 is 43.8. The number of carbonyl (C=O) groups is 1. The fraction of sp³-hybridized carbons (Fsp3) is 0.176. The van der Waals surface area contributed by atoms with E-state index in [0.29, 0.717) is 15.9 Å². The third kappa shape index (κ3) is 4.07. The molecule has 30 heavy (non-hydrogen) atoms. The first kappa shape index (κ1) is 20.8. The van der Waals surface area contributed by atoms with Gasteiger partial charge in [-0.1, -0.05) is 17.7 Å². The maximum atomic E-state index is 13.6. The van der Waals surface area contributed by atoms with E-state index in [4.69, 9.17) is 11.6 Å². The molecule has 0 spiro atoms. The molecule has 0 aliphatic rings. The van der Waals surface area contributed by atoms with Gasteiger partial charge in [0.1, 0.15) is 5.02 Å². The summed E-state index contributed by atoms with van der Waals surface area (Å²) in [4.78, 5) is 17.2. The Bertz CT molecular complexity index is 1220.